The molecule has 156 valence electrons. The van der Waals surface area contributed by atoms with Gasteiger partial charge in [-0.3, -0.25) is 15.1 Å². The van der Waals surface area contributed by atoms with E-state index in [0.717, 1.165) is 24.2 Å². The number of hydrogen-bond donors (Lipinski definition) is 1. The van der Waals surface area contributed by atoms with E-state index in [1.165, 1.54) is 4.68 Å². The van der Waals surface area contributed by atoms with Gasteiger partial charge in [-0.05, 0) is 55.0 Å². The molecule has 4 rings (SSSR count). The van der Waals surface area contributed by atoms with Gasteiger partial charge in [0.2, 0.25) is 0 Å². The number of unbranched alkanes of at least 4 members (excludes halogenated alkanes) is 1. The van der Waals surface area contributed by atoms with Crippen LogP contribution in [0.2, 0.25) is 0 Å². The Hall–Kier alpha value is -3.51. The van der Waals surface area contributed by atoms with Crippen LogP contribution in [0.4, 0.5) is 11.4 Å². The summed E-state index contributed by atoms with van der Waals surface area (Å²) >= 11 is 5.80. The molecule has 0 fully saturated rings. The van der Waals surface area contributed by atoms with Gasteiger partial charge < -0.3 is 0 Å². The molecule has 1 aromatic heterocycles. The Kier molecular flexibility index (Phi) is 6.38. The molecule has 0 aliphatic heterocycles. The lowest BCUT2D eigenvalue weighted by Crippen LogP contribution is -2.42. The van der Waals surface area contributed by atoms with Gasteiger partial charge in [-0.1, -0.05) is 61.9 Å². The molecule has 1 heterocycles. The van der Waals surface area contributed by atoms with Gasteiger partial charge in [-0.2, -0.15) is 0 Å². The van der Waals surface area contributed by atoms with Gasteiger partial charge in [0.25, 0.3) is 5.56 Å². The van der Waals surface area contributed by atoms with Crippen LogP contribution in [0, 0.1) is 0 Å². The molecule has 0 radical (unpaired) electrons. The lowest BCUT2D eigenvalue weighted by atomic mass is 10.2. The van der Waals surface area contributed by atoms with Gasteiger partial charge >= 0.3 is 0 Å². The fraction of sp³-hybridized carbons (Fsp3) is 0.160. The molecule has 0 bridgehead atoms. The molecule has 0 aliphatic rings. The zero-order valence-electron chi connectivity index (χ0n) is 17.4. The minimum Gasteiger partial charge on any atom is -0.286 e. The summed E-state index contributed by atoms with van der Waals surface area (Å²) in [5, 5.41) is 0.957. The number of para-hydroxylation sites is 3. The largest absolute Gasteiger partial charge is 0.286 e. The van der Waals surface area contributed by atoms with Crippen molar-refractivity contribution in [1.29, 1.82) is 0 Å². The summed E-state index contributed by atoms with van der Waals surface area (Å²) < 4.78 is 1.50. The van der Waals surface area contributed by atoms with Crippen LogP contribution in [0.15, 0.2) is 89.7 Å². The third-order valence-corrected chi connectivity index (χ3v) is 5.31. The van der Waals surface area contributed by atoms with Crippen molar-refractivity contribution in [2.45, 2.75) is 26.2 Å². The van der Waals surface area contributed by atoms with Crippen LogP contribution in [0.5, 0.6) is 0 Å². The van der Waals surface area contributed by atoms with E-state index in [4.69, 9.17) is 17.2 Å². The number of fused-ring (bicyclic) bond motifs is 1. The molecule has 0 saturated heterocycles. The predicted molar refractivity (Wildman–Crippen MR) is 132 cm³/mol. The lowest BCUT2D eigenvalue weighted by molar-refractivity contribution is 0.702. The number of rotatable bonds is 6. The third-order valence-electron chi connectivity index (χ3n) is 5.04. The summed E-state index contributed by atoms with van der Waals surface area (Å²) in [6.45, 7) is 2.12. The molecular formula is C25H24N4OS. The molecule has 0 spiro atoms. The van der Waals surface area contributed by atoms with Crippen molar-refractivity contribution in [1.82, 2.24) is 9.66 Å². The van der Waals surface area contributed by atoms with Crippen LogP contribution in [-0.2, 0) is 6.42 Å². The van der Waals surface area contributed by atoms with Crippen molar-refractivity contribution in [3.8, 4) is 0 Å². The average molecular weight is 429 g/mol. The molecule has 6 heteroatoms. The van der Waals surface area contributed by atoms with Gasteiger partial charge in [0.1, 0.15) is 5.82 Å². The number of nitrogens with one attached hydrogen (secondary N) is 1. The molecule has 3 aromatic carbocycles. The summed E-state index contributed by atoms with van der Waals surface area (Å²) in [7, 11) is 0. The molecule has 0 saturated carbocycles. The molecule has 5 nitrogen and oxygen atoms in total. The second kappa shape index (κ2) is 9.53. The van der Waals surface area contributed by atoms with E-state index in [0.29, 0.717) is 28.3 Å². The fourth-order valence-electron chi connectivity index (χ4n) is 3.48. The van der Waals surface area contributed by atoms with E-state index in [2.05, 4.69) is 12.3 Å². The Morgan fingerprint density at radius 1 is 0.935 bits per heavy atom. The van der Waals surface area contributed by atoms with Gasteiger partial charge in [-0.15, -0.1) is 0 Å². The van der Waals surface area contributed by atoms with Crippen LogP contribution in [0.25, 0.3) is 10.9 Å². The fourth-order valence-corrected chi connectivity index (χ4v) is 3.78. The Morgan fingerprint density at radius 3 is 2.13 bits per heavy atom. The molecular weight excluding hydrogens is 404 g/mol. The van der Waals surface area contributed by atoms with Gasteiger partial charge in [0.15, 0.2) is 5.11 Å². The number of aromatic nitrogens is 2. The van der Waals surface area contributed by atoms with Crippen molar-refractivity contribution in [2.24, 2.45) is 0 Å². The van der Waals surface area contributed by atoms with Crippen LogP contribution < -0.4 is 15.9 Å². The first-order valence-electron chi connectivity index (χ1n) is 10.4. The van der Waals surface area contributed by atoms with Gasteiger partial charge in [0, 0.05) is 17.8 Å². The van der Waals surface area contributed by atoms with E-state index in [1.54, 1.807) is 6.07 Å². The van der Waals surface area contributed by atoms with Gasteiger partial charge in [0.05, 0.1) is 10.9 Å². The quantitative estimate of drug-likeness (QED) is 0.416. The number of aryl methyl sites for hydroxylation is 1. The number of thiocarbonyl (C=S) groups is 1. The highest BCUT2D eigenvalue weighted by Crippen LogP contribution is 2.25. The Morgan fingerprint density at radius 2 is 1.52 bits per heavy atom. The first-order valence-corrected chi connectivity index (χ1v) is 10.8. The number of benzene rings is 3. The molecule has 4 aromatic rings. The molecule has 1 N–H and O–H groups in total. The maximum absolute atomic E-state index is 13.3. The third kappa shape index (κ3) is 4.49. The second-order valence-corrected chi connectivity index (χ2v) is 7.60. The minimum atomic E-state index is -0.153. The molecule has 0 unspecified atom stereocenters. The lowest BCUT2D eigenvalue weighted by Gasteiger charge is -2.27. The Labute approximate surface area is 187 Å². The standard InChI is InChI=1S/C25H24N4OS/c1-2-3-18-23-26-22-17-11-10-16-21(22)24(30)29(23)27-25(31)28(19-12-6-4-7-13-19)20-14-8-5-9-15-20/h4-17H,2-3,18H2,1H3,(H,27,31). The Balaban J connectivity index is 1.78. The van der Waals surface area contributed by atoms with E-state index in [1.807, 2.05) is 83.8 Å². The average Bonchev–Trinajstić information content (AvgIpc) is 2.81. The second-order valence-electron chi connectivity index (χ2n) is 7.21. The Bertz CT molecular complexity index is 1200. The summed E-state index contributed by atoms with van der Waals surface area (Å²) in [5.74, 6) is 0.675. The highest BCUT2D eigenvalue weighted by atomic mass is 32.1. The highest BCUT2D eigenvalue weighted by Gasteiger charge is 2.18. The summed E-state index contributed by atoms with van der Waals surface area (Å²) in [4.78, 5) is 20.0. The van der Waals surface area contributed by atoms with Crippen molar-refractivity contribution >= 4 is 39.6 Å². The summed E-state index contributed by atoms with van der Waals surface area (Å²) in [6.07, 6.45) is 2.62. The summed E-state index contributed by atoms with van der Waals surface area (Å²) in [5.41, 5.74) is 5.53. The minimum absolute atomic E-state index is 0.153. The van der Waals surface area contributed by atoms with Crippen molar-refractivity contribution < 1.29 is 0 Å². The SMILES string of the molecule is CCCCc1nc2ccccc2c(=O)n1NC(=S)N(c1ccccc1)c1ccccc1. The molecule has 0 aliphatic carbocycles. The van der Waals surface area contributed by atoms with E-state index in [9.17, 15) is 4.79 Å². The van der Waals surface area contributed by atoms with E-state index in [-0.39, 0.29) is 5.56 Å². The topological polar surface area (TPSA) is 50.2 Å². The number of hydrogen-bond acceptors (Lipinski definition) is 3. The van der Waals surface area contributed by atoms with Crippen LogP contribution >= 0.6 is 12.2 Å². The van der Waals surface area contributed by atoms with Gasteiger partial charge in [-0.25, -0.2) is 9.66 Å². The first kappa shape index (κ1) is 20.8. The summed E-state index contributed by atoms with van der Waals surface area (Å²) in [6, 6.07) is 27.1. The maximum atomic E-state index is 13.3. The zero-order chi connectivity index (χ0) is 21.6. The maximum Gasteiger partial charge on any atom is 0.280 e. The first-order chi connectivity index (χ1) is 15.2. The van der Waals surface area contributed by atoms with Crippen molar-refractivity contribution in [3.63, 3.8) is 0 Å². The molecule has 0 amide bonds. The van der Waals surface area contributed by atoms with E-state index < -0.39 is 0 Å². The smallest absolute Gasteiger partial charge is 0.280 e. The van der Waals surface area contributed by atoms with Crippen LogP contribution in [-0.4, -0.2) is 14.8 Å². The van der Waals surface area contributed by atoms with Crippen LogP contribution in [0.1, 0.15) is 25.6 Å². The molecule has 0 atom stereocenters. The zero-order valence-corrected chi connectivity index (χ0v) is 18.2. The monoisotopic (exact) mass is 428 g/mol. The normalized spacial score (nSPS) is 10.7. The number of nitrogens with zero attached hydrogens (tertiary/aromatic N) is 3. The highest BCUT2D eigenvalue weighted by molar-refractivity contribution is 7.80. The number of anilines is 2. The van der Waals surface area contributed by atoms with Crippen molar-refractivity contribution in [2.75, 3.05) is 10.3 Å². The molecule has 31 heavy (non-hydrogen) atoms. The van der Waals surface area contributed by atoms with Crippen LogP contribution in [0.3, 0.4) is 0 Å². The van der Waals surface area contributed by atoms with Crippen molar-refractivity contribution in [3.05, 3.63) is 101 Å². The predicted octanol–water partition coefficient (Wildman–Crippen LogP) is 5.41. The van der Waals surface area contributed by atoms with E-state index >= 15 is 0 Å².